The molecule has 0 aliphatic heterocycles. The molecule has 2 aromatic rings. The molecule has 0 bridgehead atoms. The van der Waals surface area contributed by atoms with Gasteiger partial charge in [-0.05, 0) is 37.1 Å². The van der Waals surface area contributed by atoms with Crippen LogP contribution in [0.15, 0.2) is 60.7 Å². The van der Waals surface area contributed by atoms with Crippen LogP contribution in [0.25, 0.3) is 0 Å². The molecule has 0 spiro atoms. The molecular weight excluding hydrogens is 270 g/mol. The van der Waals surface area contributed by atoms with E-state index in [1.54, 1.807) is 0 Å². The molecule has 0 unspecified atom stereocenters. The van der Waals surface area contributed by atoms with Crippen molar-refractivity contribution in [3.8, 4) is 0 Å². The number of halogens is 1. The van der Waals surface area contributed by atoms with Gasteiger partial charge in [-0.1, -0.05) is 60.7 Å². The van der Waals surface area contributed by atoms with Crippen molar-refractivity contribution < 1.29 is 5.11 Å². The minimum atomic E-state index is -0.370. The standard InChI is InChI=1S/C17H21NO.ClH/c19-17(16-9-5-2-6-10-16)12-14-18-13-11-15-7-3-1-4-8-15;/h1-10,17-19H,11-14H2;1H/t17-;/m1./s1. The van der Waals surface area contributed by atoms with E-state index in [1.165, 1.54) is 5.56 Å². The van der Waals surface area contributed by atoms with Crippen LogP contribution in [-0.2, 0) is 6.42 Å². The Labute approximate surface area is 127 Å². The lowest BCUT2D eigenvalue weighted by Gasteiger charge is -2.11. The molecule has 0 heterocycles. The Balaban J connectivity index is 0.00000200. The predicted octanol–water partition coefficient (Wildman–Crippen LogP) is 3.36. The first-order chi connectivity index (χ1) is 9.36. The minimum Gasteiger partial charge on any atom is -0.388 e. The number of aliphatic hydroxyl groups is 1. The van der Waals surface area contributed by atoms with Crippen LogP contribution in [0.2, 0.25) is 0 Å². The largest absolute Gasteiger partial charge is 0.388 e. The highest BCUT2D eigenvalue weighted by atomic mass is 35.5. The Morgan fingerprint density at radius 3 is 2.10 bits per heavy atom. The van der Waals surface area contributed by atoms with Crippen LogP contribution >= 0.6 is 12.4 Å². The van der Waals surface area contributed by atoms with Crippen LogP contribution in [0.4, 0.5) is 0 Å². The molecule has 2 nitrogen and oxygen atoms in total. The van der Waals surface area contributed by atoms with E-state index in [1.807, 2.05) is 36.4 Å². The van der Waals surface area contributed by atoms with Crippen LogP contribution in [0.1, 0.15) is 23.7 Å². The quantitative estimate of drug-likeness (QED) is 0.767. The molecule has 20 heavy (non-hydrogen) atoms. The summed E-state index contributed by atoms with van der Waals surface area (Å²) in [7, 11) is 0. The maximum atomic E-state index is 10.00. The summed E-state index contributed by atoms with van der Waals surface area (Å²) in [6, 6.07) is 20.3. The van der Waals surface area contributed by atoms with Crippen LogP contribution in [0.5, 0.6) is 0 Å². The summed E-state index contributed by atoms with van der Waals surface area (Å²) >= 11 is 0. The van der Waals surface area contributed by atoms with Crippen LogP contribution < -0.4 is 5.32 Å². The third kappa shape index (κ3) is 5.74. The van der Waals surface area contributed by atoms with Gasteiger partial charge in [0.15, 0.2) is 0 Å². The second-order valence-electron chi connectivity index (χ2n) is 4.70. The van der Waals surface area contributed by atoms with E-state index in [4.69, 9.17) is 0 Å². The fraction of sp³-hybridized carbons (Fsp3) is 0.294. The Morgan fingerprint density at radius 2 is 1.45 bits per heavy atom. The van der Waals surface area contributed by atoms with Gasteiger partial charge in [0.2, 0.25) is 0 Å². The van der Waals surface area contributed by atoms with Crippen molar-refractivity contribution in [3.05, 3.63) is 71.8 Å². The highest BCUT2D eigenvalue weighted by molar-refractivity contribution is 5.85. The van der Waals surface area contributed by atoms with Gasteiger partial charge in [-0.15, -0.1) is 12.4 Å². The van der Waals surface area contributed by atoms with Crippen molar-refractivity contribution >= 4 is 12.4 Å². The number of benzene rings is 2. The molecule has 0 saturated carbocycles. The Hall–Kier alpha value is -1.35. The minimum absolute atomic E-state index is 0. The Kier molecular flexibility index (Phi) is 7.97. The fourth-order valence-corrected chi connectivity index (χ4v) is 2.08. The maximum absolute atomic E-state index is 10.00. The van der Waals surface area contributed by atoms with Gasteiger partial charge in [0.25, 0.3) is 0 Å². The second-order valence-corrected chi connectivity index (χ2v) is 4.70. The highest BCUT2D eigenvalue weighted by Gasteiger charge is 2.05. The van der Waals surface area contributed by atoms with Gasteiger partial charge in [-0.3, -0.25) is 0 Å². The van der Waals surface area contributed by atoms with E-state index < -0.39 is 0 Å². The molecule has 0 aromatic heterocycles. The van der Waals surface area contributed by atoms with Gasteiger partial charge in [0.05, 0.1) is 6.10 Å². The zero-order valence-electron chi connectivity index (χ0n) is 11.5. The molecule has 2 aromatic carbocycles. The first kappa shape index (κ1) is 16.7. The van der Waals surface area contributed by atoms with E-state index in [9.17, 15) is 5.11 Å². The molecule has 3 heteroatoms. The van der Waals surface area contributed by atoms with Crippen LogP contribution in [0.3, 0.4) is 0 Å². The average molecular weight is 292 g/mol. The molecule has 1 atom stereocenters. The first-order valence-electron chi connectivity index (χ1n) is 6.84. The maximum Gasteiger partial charge on any atom is 0.0802 e. The molecule has 0 saturated heterocycles. The lowest BCUT2D eigenvalue weighted by atomic mass is 10.1. The molecule has 0 radical (unpaired) electrons. The monoisotopic (exact) mass is 291 g/mol. The van der Waals surface area contributed by atoms with Crippen molar-refractivity contribution in [2.24, 2.45) is 0 Å². The van der Waals surface area contributed by atoms with Crippen molar-refractivity contribution in [2.75, 3.05) is 13.1 Å². The molecule has 0 fully saturated rings. The topological polar surface area (TPSA) is 32.3 Å². The van der Waals surface area contributed by atoms with Crippen molar-refractivity contribution in [1.82, 2.24) is 5.32 Å². The third-order valence-corrected chi connectivity index (χ3v) is 3.21. The number of hydrogen-bond acceptors (Lipinski definition) is 2. The summed E-state index contributed by atoms with van der Waals surface area (Å²) in [5, 5.41) is 13.4. The predicted molar refractivity (Wildman–Crippen MR) is 86.3 cm³/mol. The summed E-state index contributed by atoms with van der Waals surface area (Å²) in [5.74, 6) is 0. The Morgan fingerprint density at radius 1 is 0.850 bits per heavy atom. The van der Waals surface area contributed by atoms with Crippen molar-refractivity contribution in [1.29, 1.82) is 0 Å². The van der Waals surface area contributed by atoms with Crippen LogP contribution in [-0.4, -0.2) is 18.2 Å². The molecule has 2 rings (SSSR count). The van der Waals surface area contributed by atoms with Gasteiger partial charge in [0, 0.05) is 0 Å². The lowest BCUT2D eigenvalue weighted by molar-refractivity contribution is 0.167. The average Bonchev–Trinajstić information content (AvgIpc) is 2.49. The summed E-state index contributed by atoms with van der Waals surface area (Å²) in [4.78, 5) is 0. The smallest absolute Gasteiger partial charge is 0.0802 e. The number of aliphatic hydroxyl groups excluding tert-OH is 1. The number of rotatable bonds is 7. The molecule has 0 amide bonds. The summed E-state index contributed by atoms with van der Waals surface area (Å²) in [6.45, 7) is 1.79. The molecule has 2 N–H and O–H groups in total. The highest BCUT2D eigenvalue weighted by Crippen LogP contribution is 2.14. The summed E-state index contributed by atoms with van der Waals surface area (Å²) in [5.41, 5.74) is 2.34. The lowest BCUT2D eigenvalue weighted by Crippen LogP contribution is -2.20. The molecule has 0 aliphatic rings. The van der Waals surface area contributed by atoms with Gasteiger partial charge >= 0.3 is 0 Å². The number of nitrogens with one attached hydrogen (secondary N) is 1. The van der Waals surface area contributed by atoms with E-state index >= 15 is 0 Å². The van der Waals surface area contributed by atoms with E-state index in [2.05, 4.69) is 29.6 Å². The van der Waals surface area contributed by atoms with E-state index in [0.717, 1.165) is 31.5 Å². The zero-order chi connectivity index (χ0) is 13.3. The summed E-state index contributed by atoms with van der Waals surface area (Å²) < 4.78 is 0. The van der Waals surface area contributed by atoms with Crippen molar-refractivity contribution in [2.45, 2.75) is 18.9 Å². The SMILES string of the molecule is Cl.O[C@H](CCNCCc1ccccc1)c1ccccc1. The molecule has 0 aliphatic carbocycles. The van der Waals surface area contributed by atoms with E-state index in [-0.39, 0.29) is 18.5 Å². The summed E-state index contributed by atoms with van der Waals surface area (Å²) in [6.07, 6.45) is 1.41. The molecule has 108 valence electrons. The van der Waals surface area contributed by atoms with Gasteiger partial charge in [0.1, 0.15) is 0 Å². The Bertz CT molecular complexity index is 461. The third-order valence-electron chi connectivity index (χ3n) is 3.21. The molecular formula is C17H22ClNO. The van der Waals surface area contributed by atoms with Gasteiger partial charge in [-0.2, -0.15) is 0 Å². The van der Waals surface area contributed by atoms with Crippen molar-refractivity contribution in [3.63, 3.8) is 0 Å². The fourth-order valence-electron chi connectivity index (χ4n) is 2.08. The van der Waals surface area contributed by atoms with Gasteiger partial charge in [-0.25, -0.2) is 0 Å². The van der Waals surface area contributed by atoms with E-state index in [0.29, 0.717) is 0 Å². The second kappa shape index (κ2) is 9.54. The van der Waals surface area contributed by atoms with Gasteiger partial charge < -0.3 is 10.4 Å². The first-order valence-corrected chi connectivity index (χ1v) is 6.84. The normalized spacial score (nSPS) is 11.7. The number of hydrogen-bond donors (Lipinski definition) is 2. The van der Waals surface area contributed by atoms with Crippen LogP contribution in [0, 0.1) is 0 Å². The zero-order valence-corrected chi connectivity index (χ0v) is 12.4.